The van der Waals surface area contributed by atoms with Crippen LogP contribution in [0.5, 0.6) is 0 Å². The van der Waals surface area contributed by atoms with E-state index in [1.54, 1.807) is 18.6 Å². The molecule has 0 aliphatic heterocycles. The molecule has 6 heteroatoms. The van der Waals surface area contributed by atoms with Crippen molar-refractivity contribution in [2.45, 2.75) is 25.8 Å². The van der Waals surface area contributed by atoms with Gasteiger partial charge in [-0.1, -0.05) is 24.3 Å². The average Bonchev–Trinajstić information content (AvgIpc) is 2.95. The molecule has 128 valence electrons. The third-order valence-corrected chi connectivity index (χ3v) is 3.93. The summed E-state index contributed by atoms with van der Waals surface area (Å²) in [5, 5.41) is 12.6. The molecule has 0 unspecified atom stereocenters. The Bertz CT molecular complexity index is 914. The van der Waals surface area contributed by atoms with Gasteiger partial charge in [-0.05, 0) is 37.5 Å². The quantitative estimate of drug-likeness (QED) is 0.662. The SMILES string of the molecule is CC(C)(Cc1c[nH]c2c(/C=C/c3cnccn3)cccc12)NC(=O)O. The van der Waals surface area contributed by atoms with Gasteiger partial charge in [0.2, 0.25) is 0 Å². The zero-order valence-corrected chi connectivity index (χ0v) is 14.2. The first-order valence-electron chi connectivity index (χ1n) is 7.99. The zero-order chi connectivity index (χ0) is 17.9. The number of benzene rings is 1. The molecular weight excluding hydrogens is 316 g/mol. The summed E-state index contributed by atoms with van der Waals surface area (Å²) < 4.78 is 0. The molecule has 1 amide bonds. The van der Waals surface area contributed by atoms with Gasteiger partial charge in [0.25, 0.3) is 0 Å². The van der Waals surface area contributed by atoms with Gasteiger partial charge >= 0.3 is 6.09 Å². The highest BCUT2D eigenvalue weighted by molar-refractivity contribution is 5.92. The monoisotopic (exact) mass is 336 g/mol. The van der Waals surface area contributed by atoms with Crippen LogP contribution in [0.2, 0.25) is 0 Å². The second-order valence-electron chi connectivity index (χ2n) is 6.54. The van der Waals surface area contributed by atoms with Crippen LogP contribution in [0.4, 0.5) is 4.79 Å². The Balaban J connectivity index is 1.90. The average molecular weight is 336 g/mol. The Labute approximate surface area is 145 Å². The molecule has 0 atom stereocenters. The molecule has 3 N–H and O–H groups in total. The van der Waals surface area contributed by atoms with Gasteiger partial charge in [-0.15, -0.1) is 0 Å². The van der Waals surface area contributed by atoms with Crippen LogP contribution in [0.1, 0.15) is 30.7 Å². The minimum Gasteiger partial charge on any atom is -0.465 e. The lowest BCUT2D eigenvalue weighted by molar-refractivity contribution is 0.182. The summed E-state index contributed by atoms with van der Waals surface area (Å²) in [5.74, 6) is 0. The molecule has 2 aromatic heterocycles. The number of carbonyl (C=O) groups is 1. The highest BCUT2D eigenvalue weighted by Gasteiger charge is 2.22. The van der Waals surface area contributed by atoms with Crippen molar-refractivity contribution in [1.29, 1.82) is 0 Å². The number of hydrogen-bond donors (Lipinski definition) is 3. The molecule has 0 saturated heterocycles. The minimum absolute atomic E-state index is 0.549. The lowest BCUT2D eigenvalue weighted by Crippen LogP contribution is -2.44. The van der Waals surface area contributed by atoms with E-state index in [2.05, 4.69) is 20.3 Å². The summed E-state index contributed by atoms with van der Waals surface area (Å²) in [6.07, 6.45) is 10.4. The number of H-pyrrole nitrogens is 1. The number of carboxylic acid groups (broad SMARTS) is 1. The van der Waals surface area contributed by atoms with E-state index in [4.69, 9.17) is 5.11 Å². The normalized spacial score (nSPS) is 11.9. The topological polar surface area (TPSA) is 90.9 Å². The van der Waals surface area contributed by atoms with Crippen LogP contribution in [0.15, 0.2) is 43.0 Å². The number of para-hydroxylation sites is 1. The van der Waals surface area contributed by atoms with Crippen LogP contribution in [0, 0.1) is 0 Å². The smallest absolute Gasteiger partial charge is 0.405 e. The van der Waals surface area contributed by atoms with Crippen LogP contribution >= 0.6 is 0 Å². The Morgan fingerprint density at radius 2 is 2.16 bits per heavy atom. The maximum absolute atomic E-state index is 10.9. The summed E-state index contributed by atoms with van der Waals surface area (Å²) >= 11 is 0. The second-order valence-corrected chi connectivity index (χ2v) is 6.54. The van der Waals surface area contributed by atoms with Crippen molar-refractivity contribution in [3.8, 4) is 0 Å². The minimum atomic E-state index is -1.02. The third kappa shape index (κ3) is 4.03. The molecule has 0 spiro atoms. The molecule has 0 bridgehead atoms. The van der Waals surface area contributed by atoms with Gasteiger partial charge in [-0.2, -0.15) is 0 Å². The Hall–Kier alpha value is -3.15. The summed E-state index contributed by atoms with van der Waals surface area (Å²) in [7, 11) is 0. The van der Waals surface area contributed by atoms with Crippen molar-refractivity contribution < 1.29 is 9.90 Å². The number of aromatic nitrogens is 3. The molecule has 2 heterocycles. The highest BCUT2D eigenvalue weighted by Crippen LogP contribution is 2.26. The van der Waals surface area contributed by atoms with Crippen molar-refractivity contribution in [3.05, 3.63) is 59.8 Å². The van der Waals surface area contributed by atoms with E-state index in [0.717, 1.165) is 27.7 Å². The fourth-order valence-electron chi connectivity index (χ4n) is 2.90. The van der Waals surface area contributed by atoms with Crippen molar-refractivity contribution in [2.24, 2.45) is 0 Å². The van der Waals surface area contributed by atoms with E-state index in [9.17, 15) is 4.79 Å². The molecule has 0 aliphatic rings. The molecule has 0 aliphatic carbocycles. The predicted molar refractivity (Wildman–Crippen MR) is 98.2 cm³/mol. The molecule has 3 rings (SSSR count). The molecule has 6 nitrogen and oxygen atoms in total. The van der Waals surface area contributed by atoms with E-state index in [1.165, 1.54) is 0 Å². The van der Waals surface area contributed by atoms with Gasteiger partial charge in [-0.25, -0.2) is 4.79 Å². The van der Waals surface area contributed by atoms with Crippen LogP contribution in [-0.4, -0.2) is 31.7 Å². The zero-order valence-electron chi connectivity index (χ0n) is 14.2. The highest BCUT2D eigenvalue weighted by atomic mass is 16.4. The molecular formula is C19H20N4O2. The lowest BCUT2D eigenvalue weighted by atomic mass is 9.94. The maximum Gasteiger partial charge on any atom is 0.405 e. The standard InChI is InChI=1S/C19H20N4O2/c1-19(2,23-18(24)25)10-14-11-22-17-13(4-3-5-16(14)17)6-7-15-12-20-8-9-21-15/h3-9,11-12,22-23H,10H2,1-2H3,(H,24,25)/b7-6+. The number of nitrogens with one attached hydrogen (secondary N) is 2. The molecule has 25 heavy (non-hydrogen) atoms. The summed E-state index contributed by atoms with van der Waals surface area (Å²) in [5.41, 5.74) is 3.37. The van der Waals surface area contributed by atoms with E-state index < -0.39 is 11.6 Å². The first kappa shape index (κ1) is 16.7. The van der Waals surface area contributed by atoms with Crippen LogP contribution < -0.4 is 5.32 Å². The van der Waals surface area contributed by atoms with E-state index >= 15 is 0 Å². The first-order chi connectivity index (χ1) is 11.9. The Morgan fingerprint density at radius 3 is 2.88 bits per heavy atom. The van der Waals surface area contributed by atoms with Crippen molar-refractivity contribution >= 4 is 29.1 Å². The van der Waals surface area contributed by atoms with E-state index in [1.807, 2.05) is 50.4 Å². The van der Waals surface area contributed by atoms with Crippen LogP contribution in [0.25, 0.3) is 23.1 Å². The first-order valence-corrected chi connectivity index (χ1v) is 7.99. The van der Waals surface area contributed by atoms with Gasteiger partial charge in [0.1, 0.15) is 0 Å². The van der Waals surface area contributed by atoms with Gasteiger partial charge in [-0.3, -0.25) is 9.97 Å². The number of nitrogens with zero attached hydrogens (tertiary/aromatic N) is 2. The number of hydrogen-bond acceptors (Lipinski definition) is 3. The predicted octanol–water partition coefficient (Wildman–Crippen LogP) is 3.72. The van der Waals surface area contributed by atoms with Gasteiger partial charge in [0.15, 0.2) is 0 Å². The van der Waals surface area contributed by atoms with Crippen molar-refractivity contribution in [3.63, 3.8) is 0 Å². The van der Waals surface area contributed by atoms with Gasteiger partial charge in [0.05, 0.1) is 17.4 Å². The fraction of sp³-hybridized carbons (Fsp3) is 0.211. The van der Waals surface area contributed by atoms with Gasteiger partial charge < -0.3 is 15.4 Å². The Kier molecular flexibility index (Phi) is 4.52. The molecule has 1 aromatic carbocycles. The van der Waals surface area contributed by atoms with Crippen molar-refractivity contribution in [2.75, 3.05) is 0 Å². The largest absolute Gasteiger partial charge is 0.465 e. The molecule has 0 radical (unpaired) electrons. The maximum atomic E-state index is 10.9. The van der Waals surface area contributed by atoms with E-state index in [0.29, 0.717) is 6.42 Å². The Morgan fingerprint density at radius 1 is 1.32 bits per heavy atom. The summed E-state index contributed by atoms with van der Waals surface area (Å²) in [4.78, 5) is 22.5. The lowest BCUT2D eigenvalue weighted by Gasteiger charge is -2.24. The van der Waals surface area contributed by atoms with E-state index in [-0.39, 0.29) is 0 Å². The molecule has 0 fully saturated rings. The number of rotatable bonds is 5. The molecule has 0 saturated carbocycles. The number of aromatic amines is 1. The molecule has 3 aromatic rings. The van der Waals surface area contributed by atoms with Gasteiger partial charge in [0, 0.05) is 29.5 Å². The summed E-state index contributed by atoms with van der Waals surface area (Å²) in [6, 6.07) is 6.06. The third-order valence-electron chi connectivity index (χ3n) is 3.93. The second kappa shape index (κ2) is 6.76. The summed E-state index contributed by atoms with van der Waals surface area (Å²) in [6.45, 7) is 3.75. The van der Waals surface area contributed by atoms with Crippen LogP contribution in [0.3, 0.4) is 0 Å². The van der Waals surface area contributed by atoms with Crippen molar-refractivity contribution in [1.82, 2.24) is 20.3 Å². The number of amides is 1. The fourth-order valence-corrected chi connectivity index (χ4v) is 2.90. The van der Waals surface area contributed by atoms with Crippen LogP contribution in [-0.2, 0) is 6.42 Å². The number of fused-ring (bicyclic) bond motifs is 1.